The molecule has 0 amide bonds. The van der Waals surface area contributed by atoms with Crippen molar-refractivity contribution in [2.75, 3.05) is 5.32 Å². The second kappa shape index (κ2) is 2.63. The maximum Gasteiger partial charge on any atom is 0.371 e. The number of anilines is 1. The number of nitrogens with zero attached hydrogens (tertiary/aromatic N) is 1. The van der Waals surface area contributed by atoms with E-state index < -0.39 is 5.97 Å². The monoisotopic (exact) mass is 206 g/mol. The van der Waals surface area contributed by atoms with E-state index in [4.69, 9.17) is 14.0 Å². The fourth-order valence-corrected chi connectivity index (χ4v) is 1.58. The van der Waals surface area contributed by atoms with Crippen molar-refractivity contribution >= 4 is 11.7 Å². The Kier molecular flexibility index (Phi) is 1.42. The molecule has 76 valence electrons. The Bertz CT molecular complexity index is 540. The molecule has 6 nitrogen and oxygen atoms in total. The summed E-state index contributed by atoms with van der Waals surface area (Å²) in [7, 11) is 0. The Morgan fingerprint density at radius 1 is 1.60 bits per heavy atom. The fourth-order valence-electron chi connectivity index (χ4n) is 1.58. The summed E-state index contributed by atoms with van der Waals surface area (Å²) < 4.78 is 10.2. The van der Waals surface area contributed by atoms with E-state index in [0.717, 1.165) is 0 Å². The molecule has 6 heteroatoms. The van der Waals surface area contributed by atoms with Crippen LogP contribution in [0.4, 0.5) is 5.69 Å². The van der Waals surface area contributed by atoms with Crippen molar-refractivity contribution in [1.29, 1.82) is 0 Å². The highest BCUT2D eigenvalue weighted by molar-refractivity contribution is 5.89. The number of carboxylic acids is 1. The first-order valence-electron chi connectivity index (χ1n) is 4.30. The van der Waals surface area contributed by atoms with Crippen LogP contribution in [0.15, 0.2) is 21.2 Å². The molecule has 0 saturated carbocycles. The summed E-state index contributed by atoms with van der Waals surface area (Å²) in [6.07, 6.45) is 1.52. The molecule has 0 fully saturated rings. The van der Waals surface area contributed by atoms with Crippen LogP contribution in [-0.2, 0) is 6.54 Å². The topological polar surface area (TPSA) is 88.5 Å². The third-order valence-electron chi connectivity index (χ3n) is 2.27. The number of carbonyl (C=O) groups is 1. The fraction of sp³-hybridized carbons (Fsp3) is 0.111. The van der Waals surface area contributed by atoms with Crippen molar-refractivity contribution in [2.24, 2.45) is 0 Å². The van der Waals surface area contributed by atoms with Crippen LogP contribution < -0.4 is 5.32 Å². The highest BCUT2D eigenvalue weighted by atomic mass is 16.5. The number of hydrogen-bond acceptors (Lipinski definition) is 5. The zero-order valence-electron chi connectivity index (χ0n) is 7.48. The van der Waals surface area contributed by atoms with Crippen LogP contribution in [0.3, 0.4) is 0 Å². The molecule has 0 unspecified atom stereocenters. The molecule has 0 aromatic carbocycles. The summed E-state index contributed by atoms with van der Waals surface area (Å²) in [4.78, 5) is 10.7. The van der Waals surface area contributed by atoms with E-state index in [1.807, 2.05) is 0 Å². The first kappa shape index (κ1) is 8.10. The second-order valence-electron chi connectivity index (χ2n) is 3.17. The first-order valence-corrected chi connectivity index (χ1v) is 4.30. The second-order valence-corrected chi connectivity index (χ2v) is 3.17. The van der Waals surface area contributed by atoms with Gasteiger partial charge in [0.2, 0.25) is 5.76 Å². The van der Waals surface area contributed by atoms with Crippen LogP contribution in [0.1, 0.15) is 16.3 Å². The van der Waals surface area contributed by atoms with E-state index in [9.17, 15) is 4.79 Å². The lowest BCUT2D eigenvalue weighted by atomic mass is 10.1. The molecular weight excluding hydrogens is 200 g/mol. The molecule has 2 aromatic heterocycles. The Hall–Kier alpha value is -2.24. The van der Waals surface area contributed by atoms with Crippen LogP contribution >= 0.6 is 0 Å². The van der Waals surface area contributed by atoms with Gasteiger partial charge in [0, 0.05) is 6.07 Å². The molecule has 3 rings (SSSR count). The zero-order valence-corrected chi connectivity index (χ0v) is 7.48. The molecule has 0 bridgehead atoms. The molecule has 3 heterocycles. The predicted molar refractivity (Wildman–Crippen MR) is 48.5 cm³/mol. The zero-order chi connectivity index (χ0) is 10.4. The van der Waals surface area contributed by atoms with E-state index in [0.29, 0.717) is 29.3 Å². The van der Waals surface area contributed by atoms with E-state index in [1.54, 1.807) is 0 Å². The first-order chi connectivity index (χ1) is 7.25. The van der Waals surface area contributed by atoms with E-state index in [-0.39, 0.29) is 5.76 Å². The van der Waals surface area contributed by atoms with Crippen LogP contribution in [0.5, 0.6) is 0 Å². The molecule has 0 saturated heterocycles. The minimum atomic E-state index is -1.09. The average molecular weight is 206 g/mol. The smallest absolute Gasteiger partial charge is 0.371 e. The van der Waals surface area contributed by atoms with Gasteiger partial charge in [-0.1, -0.05) is 5.16 Å². The SMILES string of the molecule is O=C(O)c1cc2c(o1)-c1cnoc1CN2. The summed E-state index contributed by atoms with van der Waals surface area (Å²) in [5, 5.41) is 15.4. The van der Waals surface area contributed by atoms with Crippen molar-refractivity contribution in [1.82, 2.24) is 5.16 Å². The molecule has 2 N–H and O–H groups in total. The maximum atomic E-state index is 10.7. The number of hydrogen-bond donors (Lipinski definition) is 2. The van der Waals surface area contributed by atoms with Gasteiger partial charge in [-0.3, -0.25) is 0 Å². The van der Waals surface area contributed by atoms with Crippen molar-refractivity contribution in [3.63, 3.8) is 0 Å². The van der Waals surface area contributed by atoms with Crippen LogP contribution in [0.2, 0.25) is 0 Å². The molecule has 15 heavy (non-hydrogen) atoms. The third-order valence-corrected chi connectivity index (χ3v) is 2.27. The largest absolute Gasteiger partial charge is 0.475 e. The van der Waals surface area contributed by atoms with Crippen molar-refractivity contribution in [3.8, 4) is 11.3 Å². The normalized spacial score (nSPS) is 12.8. The van der Waals surface area contributed by atoms with Gasteiger partial charge in [0.1, 0.15) is 0 Å². The molecule has 2 aromatic rings. The van der Waals surface area contributed by atoms with Crippen molar-refractivity contribution in [3.05, 3.63) is 23.8 Å². The lowest BCUT2D eigenvalue weighted by Gasteiger charge is -2.09. The van der Waals surface area contributed by atoms with Crippen LogP contribution in [0.25, 0.3) is 11.3 Å². The lowest BCUT2D eigenvalue weighted by molar-refractivity contribution is 0.0663. The third kappa shape index (κ3) is 1.04. The van der Waals surface area contributed by atoms with Gasteiger partial charge in [0.25, 0.3) is 0 Å². The van der Waals surface area contributed by atoms with Crippen LogP contribution in [-0.4, -0.2) is 16.2 Å². The molecule has 1 aliphatic heterocycles. The molecule has 0 spiro atoms. The maximum absolute atomic E-state index is 10.7. The standard InChI is InChI=1S/C9H6N2O4/c12-9(13)6-1-5-8(14-6)4-2-11-15-7(4)3-10-5/h1-2,10H,3H2,(H,12,13). The summed E-state index contributed by atoms with van der Waals surface area (Å²) in [5.41, 5.74) is 1.36. The minimum Gasteiger partial charge on any atom is -0.475 e. The van der Waals surface area contributed by atoms with Gasteiger partial charge in [-0.05, 0) is 0 Å². The van der Waals surface area contributed by atoms with E-state index >= 15 is 0 Å². The Morgan fingerprint density at radius 2 is 2.47 bits per heavy atom. The highest BCUT2D eigenvalue weighted by Crippen LogP contribution is 2.37. The number of aromatic nitrogens is 1. The average Bonchev–Trinajstić information content (AvgIpc) is 2.82. The van der Waals surface area contributed by atoms with E-state index in [1.165, 1.54) is 12.3 Å². The van der Waals surface area contributed by atoms with Gasteiger partial charge in [0.05, 0.1) is 24.0 Å². The summed E-state index contributed by atoms with van der Waals surface area (Å²) in [6, 6.07) is 1.45. The Balaban J connectivity index is 2.20. The Labute approximate surface area is 83.5 Å². The number of fused-ring (bicyclic) bond motifs is 3. The highest BCUT2D eigenvalue weighted by Gasteiger charge is 2.25. The number of rotatable bonds is 1. The molecular formula is C9H6N2O4. The number of aromatic carboxylic acids is 1. The minimum absolute atomic E-state index is 0.0958. The van der Waals surface area contributed by atoms with Gasteiger partial charge < -0.3 is 19.4 Å². The quantitative estimate of drug-likeness (QED) is 0.735. The van der Waals surface area contributed by atoms with Crippen LogP contribution in [0, 0.1) is 0 Å². The van der Waals surface area contributed by atoms with Crippen molar-refractivity contribution < 1.29 is 18.8 Å². The molecule has 0 atom stereocenters. The van der Waals surface area contributed by atoms with E-state index in [2.05, 4.69) is 10.5 Å². The van der Waals surface area contributed by atoms with Gasteiger partial charge in [0.15, 0.2) is 11.5 Å². The summed E-state index contributed by atoms with van der Waals surface area (Å²) >= 11 is 0. The lowest BCUT2D eigenvalue weighted by Crippen LogP contribution is -2.04. The van der Waals surface area contributed by atoms with Gasteiger partial charge in [-0.2, -0.15) is 0 Å². The molecule has 0 radical (unpaired) electrons. The molecule has 0 aliphatic carbocycles. The Morgan fingerprint density at radius 3 is 3.27 bits per heavy atom. The predicted octanol–water partition coefficient (Wildman–Crippen LogP) is 1.56. The number of furan rings is 1. The number of nitrogens with one attached hydrogen (secondary N) is 1. The summed E-state index contributed by atoms with van der Waals surface area (Å²) in [5.74, 6) is -0.0746. The van der Waals surface area contributed by atoms with Gasteiger partial charge >= 0.3 is 5.97 Å². The van der Waals surface area contributed by atoms with Gasteiger partial charge in [-0.25, -0.2) is 4.79 Å². The molecule has 1 aliphatic rings. The van der Waals surface area contributed by atoms with Crippen molar-refractivity contribution in [2.45, 2.75) is 6.54 Å². The van der Waals surface area contributed by atoms with Gasteiger partial charge in [-0.15, -0.1) is 0 Å². The number of carboxylic acid groups (broad SMARTS) is 1. The summed E-state index contributed by atoms with van der Waals surface area (Å²) in [6.45, 7) is 0.487.